The summed E-state index contributed by atoms with van der Waals surface area (Å²) in [5.41, 5.74) is 9.10. The minimum absolute atomic E-state index is 0.672. The minimum atomic E-state index is 0.672. The first kappa shape index (κ1) is 12.9. The van der Waals surface area contributed by atoms with Gasteiger partial charge in [-0.3, -0.25) is 0 Å². The average Bonchev–Trinajstić information content (AvgIpc) is 2.77. The Morgan fingerprint density at radius 2 is 1.60 bits per heavy atom. The minimum Gasteiger partial charge on any atom is -0.383 e. The van der Waals surface area contributed by atoms with Crippen LogP contribution in [0, 0.1) is 0 Å². The molecular formula is C16H14BrN3. The molecule has 0 saturated heterocycles. The third-order valence-electron chi connectivity index (χ3n) is 3.29. The number of nitrogens with zero attached hydrogens (tertiary/aromatic N) is 2. The molecule has 0 radical (unpaired) electrons. The fourth-order valence-electron chi connectivity index (χ4n) is 2.18. The molecule has 0 bridgehead atoms. The molecule has 0 saturated carbocycles. The second kappa shape index (κ2) is 5.13. The van der Waals surface area contributed by atoms with Gasteiger partial charge in [0.15, 0.2) is 0 Å². The highest BCUT2D eigenvalue weighted by molar-refractivity contribution is 9.10. The summed E-state index contributed by atoms with van der Waals surface area (Å²) in [4.78, 5) is 4.70. The van der Waals surface area contributed by atoms with Crippen molar-refractivity contribution in [2.75, 3.05) is 5.73 Å². The first-order valence-corrected chi connectivity index (χ1v) is 7.09. The predicted molar refractivity (Wildman–Crippen MR) is 86.2 cm³/mol. The van der Waals surface area contributed by atoms with E-state index < -0.39 is 0 Å². The molecule has 0 amide bonds. The molecule has 0 spiro atoms. The summed E-state index contributed by atoms with van der Waals surface area (Å²) in [6.07, 6.45) is 0. The Hall–Kier alpha value is -2.07. The van der Waals surface area contributed by atoms with Gasteiger partial charge in [-0.15, -0.1) is 0 Å². The molecule has 2 N–H and O–H groups in total. The molecular weight excluding hydrogens is 314 g/mol. The molecule has 3 aromatic rings. The molecule has 100 valence electrons. The maximum absolute atomic E-state index is 6.20. The highest BCUT2D eigenvalue weighted by Crippen LogP contribution is 2.30. The Kier molecular flexibility index (Phi) is 3.32. The number of hydrogen-bond acceptors (Lipinski definition) is 2. The zero-order valence-electron chi connectivity index (χ0n) is 11.0. The SMILES string of the molecule is Cn1c(-c2ccccc2)nc(-c2ccc(Br)cc2)c1N. The molecule has 2 aromatic carbocycles. The van der Waals surface area contributed by atoms with Gasteiger partial charge in [0.1, 0.15) is 17.3 Å². The van der Waals surface area contributed by atoms with E-state index in [-0.39, 0.29) is 0 Å². The van der Waals surface area contributed by atoms with Crippen LogP contribution in [0.5, 0.6) is 0 Å². The lowest BCUT2D eigenvalue weighted by Gasteiger charge is -2.02. The van der Waals surface area contributed by atoms with Crippen LogP contribution in [0.3, 0.4) is 0 Å². The van der Waals surface area contributed by atoms with Gasteiger partial charge in [0.05, 0.1) is 0 Å². The summed E-state index contributed by atoms with van der Waals surface area (Å²) in [6.45, 7) is 0. The third kappa shape index (κ3) is 2.23. The Morgan fingerprint density at radius 1 is 0.950 bits per heavy atom. The van der Waals surface area contributed by atoms with Gasteiger partial charge in [0.2, 0.25) is 0 Å². The van der Waals surface area contributed by atoms with Gasteiger partial charge in [-0.2, -0.15) is 0 Å². The van der Waals surface area contributed by atoms with Crippen LogP contribution in [0.4, 0.5) is 5.82 Å². The molecule has 1 heterocycles. The molecule has 20 heavy (non-hydrogen) atoms. The van der Waals surface area contributed by atoms with E-state index in [1.54, 1.807) is 0 Å². The van der Waals surface area contributed by atoms with Crippen molar-refractivity contribution in [2.24, 2.45) is 7.05 Å². The van der Waals surface area contributed by atoms with E-state index in [9.17, 15) is 0 Å². The molecule has 0 unspecified atom stereocenters. The van der Waals surface area contributed by atoms with Crippen LogP contribution in [0.15, 0.2) is 59.1 Å². The number of nitrogens with two attached hydrogens (primary N) is 1. The van der Waals surface area contributed by atoms with Crippen LogP contribution in [0.2, 0.25) is 0 Å². The van der Waals surface area contributed by atoms with Crippen LogP contribution >= 0.6 is 15.9 Å². The molecule has 3 rings (SSSR count). The Balaban J connectivity index is 2.13. The summed E-state index contributed by atoms with van der Waals surface area (Å²) < 4.78 is 2.96. The Labute approximate surface area is 126 Å². The van der Waals surface area contributed by atoms with Crippen molar-refractivity contribution in [3.8, 4) is 22.6 Å². The monoisotopic (exact) mass is 327 g/mol. The van der Waals surface area contributed by atoms with E-state index in [0.29, 0.717) is 5.82 Å². The average molecular weight is 328 g/mol. The van der Waals surface area contributed by atoms with Crippen LogP contribution in [-0.2, 0) is 7.05 Å². The van der Waals surface area contributed by atoms with Crippen LogP contribution < -0.4 is 5.73 Å². The first-order valence-electron chi connectivity index (χ1n) is 6.30. The van der Waals surface area contributed by atoms with Gasteiger partial charge in [-0.25, -0.2) is 4.98 Å². The number of nitrogen functional groups attached to an aromatic ring is 1. The van der Waals surface area contributed by atoms with Gasteiger partial charge in [0, 0.05) is 22.6 Å². The number of aromatic nitrogens is 2. The van der Waals surface area contributed by atoms with Crippen molar-refractivity contribution in [1.29, 1.82) is 0 Å². The van der Waals surface area contributed by atoms with Crippen LogP contribution in [-0.4, -0.2) is 9.55 Å². The number of imidazole rings is 1. The summed E-state index contributed by atoms with van der Waals surface area (Å²) in [5, 5.41) is 0. The highest BCUT2D eigenvalue weighted by atomic mass is 79.9. The second-order valence-corrected chi connectivity index (χ2v) is 5.52. The first-order chi connectivity index (χ1) is 9.66. The van der Waals surface area contributed by atoms with E-state index >= 15 is 0 Å². The van der Waals surface area contributed by atoms with Crippen LogP contribution in [0.25, 0.3) is 22.6 Å². The zero-order valence-corrected chi connectivity index (χ0v) is 12.6. The van der Waals surface area contributed by atoms with Gasteiger partial charge < -0.3 is 10.3 Å². The number of hydrogen-bond donors (Lipinski definition) is 1. The van der Waals surface area contributed by atoms with Crippen molar-refractivity contribution in [3.05, 3.63) is 59.1 Å². The Bertz CT molecular complexity index is 730. The number of benzene rings is 2. The largest absolute Gasteiger partial charge is 0.383 e. The lowest BCUT2D eigenvalue weighted by molar-refractivity contribution is 0.937. The molecule has 0 aliphatic heterocycles. The summed E-state index contributed by atoms with van der Waals surface area (Å²) in [6, 6.07) is 18.1. The van der Waals surface area contributed by atoms with Gasteiger partial charge >= 0.3 is 0 Å². The van der Waals surface area contributed by atoms with Crippen molar-refractivity contribution in [3.63, 3.8) is 0 Å². The third-order valence-corrected chi connectivity index (χ3v) is 3.82. The maximum Gasteiger partial charge on any atom is 0.142 e. The number of rotatable bonds is 2. The van der Waals surface area contributed by atoms with E-state index in [0.717, 1.165) is 27.1 Å². The summed E-state index contributed by atoms with van der Waals surface area (Å²) >= 11 is 3.44. The highest BCUT2D eigenvalue weighted by Gasteiger charge is 2.14. The maximum atomic E-state index is 6.20. The molecule has 0 aliphatic carbocycles. The molecule has 0 atom stereocenters. The summed E-state index contributed by atoms with van der Waals surface area (Å²) in [5.74, 6) is 1.55. The second-order valence-electron chi connectivity index (χ2n) is 4.60. The molecule has 4 heteroatoms. The number of halogens is 1. The van der Waals surface area contributed by atoms with E-state index in [2.05, 4.69) is 15.9 Å². The van der Waals surface area contributed by atoms with Crippen LogP contribution in [0.1, 0.15) is 0 Å². The van der Waals surface area contributed by atoms with E-state index in [4.69, 9.17) is 10.7 Å². The van der Waals surface area contributed by atoms with Gasteiger partial charge in [0.25, 0.3) is 0 Å². The lowest BCUT2D eigenvalue weighted by Crippen LogP contribution is -1.98. The number of anilines is 1. The van der Waals surface area contributed by atoms with Crippen molar-refractivity contribution in [1.82, 2.24) is 9.55 Å². The predicted octanol–water partition coefficient (Wildman–Crippen LogP) is 4.10. The van der Waals surface area contributed by atoms with E-state index in [1.165, 1.54) is 0 Å². The molecule has 3 nitrogen and oxygen atoms in total. The molecule has 0 aliphatic rings. The fraction of sp³-hybridized carbons (Fsp3) is 0.0625. The molecule has 1 aromatic heterocycles. The van der Waals surface area contributed by atoms with Crippen molar-refractivity contribution >= 4 is 21.7 Å². The van der Waals surface area contributed by atoms with E-state index in [1.807, 2.05) is 66.2 Å². The smallest absolute Gasteiger partial charge is 0.142 e. The normalized spacial score (nSPS) is 10.7. The quantitative estimate of drug-likeness (QED) is 0.770. The fourth-order valence-corrected chi connectivity index (χ4v) is 2.44. The van der Waals surface area contributed by atoms with Gasteiger partial charge in [-0.1, -0.05) is 58.4 Å². The zero-order chi connectivity index (χ0) is 14.1. The topological polar surface area (TPSA) is 43.8 Å². The standard InChI is InChI=1S/C16H14BrN3/c1-20-15(18)14(11-7-9-13(17)10-8-11)19-16(20)12-5-3-2-4-6-12/h2-10H,18H2,1H3. The van der Waals surface area contributed by atoms with Crippen molar-refractivity contribution < 1.29 is 0 Å². The summed E-state index contributed by atoms with van der Waals surface area (Å²) in [7, 11) is 1.94. The van der Waals surface area contributed by atoms with Gasteiger partial charge in [-0.05, 0) is 12.1 Å². The lowest BCUT2D eigenvalue weighted by atomic mass is 10.1. The Morgan fingerprint density at radius 3 is 2.25 bits per heavy atom. The molecule has 0 fully saturated rings. The van der Waals surface area contributed by atoms with Crippen molar-refractivity contribution in [2.45, 2.75) is 0 Å².